The van der Waals surface area contributed by atoms with Crippen LogP contribution >= 0.6 is 15.9 Å². The zero-order valence-corrected chi connectivity index (χ0v) is 13.6. The van der Waals surface area contributed by atoms with Crippen molar-refractivity contribution in [2.45, 2.75) is 12.8 Å². The molecule has 0 aromatic heterocycles. The van der Waals surface area contributed by atoms with Gasteiger partial charge in [0.25, 0.3) is 5.69 Å². The number of nitrogens with zero attached hydrogens (tertiary/aromatic N) is 1. The molecule has 116 valence electrons. The molecule has 0 spiro atoms. The maximum atomic E-state index is 11.1. The first-order valence-electron chi connectivity index (χ1n) is 6.94. The summed E-state index contributed by atoms with van der Waals surface area (Å²) in [4.78, 5) is 10.8. The summed E-state index contributed by atoms with van der Waals surface area (Å²) in [5.41, 5.74) is 0.670. The molecular weight excluding hydrogens is 338 g/mol. The average molecular weight is 358 g/mol. The normalized spacial score (nSPS) is 17.4. The van der Waals surface area contributed by atoms with Crippen LogP contribution in [0.25, 0.3) is 0 Å². The van der Waals surface area contributed by atoms with Crippen LogP contribution in [0.4, 0.5) is 11.4 Å². The van der Waals surface area contributed by atoms with Crippen LogP contribution in [-0.2, 0) is 4.74 Å². The van der Waals surface area contributed by atoms with E-state index < -0.39 is 0 Å². The van der Waals surface area contributed by atoms with Gasteiger partial charge in [-0.3, -0.25) is 10.1 Å². The number of rotatable bonds is 6. The highest BCUT2D eigenvalue weighted by Gasteiger charge is 2.32. The first-order chi connectivity index (χ1) is 10.1. The van der Waals surface area contributed by atoms with E-state index in [9.17, 15) is 10.1 Å². The molecule has 0 radical (unpaired) electrons. The highest BCUT2D eigenvalue weighted by Crippen LogP contribution is 2.32. The number of anilines is 1. The van der Waals surface area contributed by atoms with Gasteiger partial charge in [-0.1, -0.05) is 15.9 Å². The second-order valence-corrected chi connectivity index (χ2v) is 6.37. The Morgan fingerprint density at radius 1 is 1.48 bits per heavy atom. The highest BCUT2D eigenvalue weighted by molar-refractivity contribution is 9.10. The molecule has 0 atom stereocenters. The summed E-state index contributed by atoms with van der Waals surface area (Å²) in [6.07, 6.45) is 2.00. The topological polar surface area (TPSA) is 76.4 Å². The number of benzene rings is 1. The zero-order valence-electron chi connectivity index (χ0n) is 12.0. The van der Waals surface area contributed by atoms with Gasteiger partial charge < -0.3 is 15.4 Å². The minimum Gasteiger partial charge on any atom is -0.384 e. The van der Waals surface area contributed by atoms with Crippen molar-refractivity contribution in [2.24, 2.45) is 5.41 Å². The Kier molecular flexibility index (Phi) is 5.55. The smallest absolute Gasteiger partial charge is 0.293 e. The van der Waals surface area contributed by atoms with Crippen molar-refractivity contribution < 1.29 is 9.66 Å². The van der Waals surface area contributed by atoms with Crippen LogP contribution in [0, 0.1) is 15.5 Å². The predicted molar refractivity (Wildman–Crippen MR) is 85.7 cm³/mol. The number of hydrogen-bond donors (Lipinski definition) is 2. The lowest BCUT2D eigenvalue weighted by atomic mass is 9.79. The number of ether oxygens (including phenoxy) is 1. The maximum absolute atomic E-state index is 11.1. The second-order valence-electron chi connectivity index (χ2n) is 5.46. The highest BCUT2D eigenvalue weighted by atomic mass is 79.9. The third kappa shape index (κ3) is 4.15. The van der Waals surface area contributed by atoms with E-state index in [1.807, 2.05) is 0 Å². The molecule has 2 N–H and O–H groups in total. The van der Waals surface area contributed by atoms with Crippen molar-refractivity contribution in [3.8, 4) is 0 Å². The fraction of sp³-hybridized carbons (Fsp3) is 0.571. The molecule has 0 unspecified atom stereocenters. The molecule has 1 fully saturated rings. The molecule has 0 amide bonds. The zero-order chi connectivity index (χ0) is 15.3. The summed E-state index contributed by atoms with van der Waals surface area (Å²) in [5.74, 6) is 0. The lowest BCUT2D eigenvalue weighted by Gasteiger charge is -2.37. The Morgan fingerprint density at radius 3 is 2.81 bits per heavy atom. The standard InChI is InChI=1S/C14H20BrN3O3/c1-21-10-14(4-6-16-7-5-14)9-17-12-3-2-11(15)8-13(12)18(19)20/h2-3,8,16-17H,4-7,9-10H2,1H3. The first kappa shape index (κ1) is 16.2. The van der Waals surface area contributed by atoms with Crippen molar-refractivity contribution in [1.82, 2.24) is 5.32 Å². The summed E-state index contributed by atoms with van der Waals surface area (Å²) in [5, 5.41) is 17.7. The fourth-order valence-corrected chi connectivity index (χ4v) is 3.07. The fourth-order valence-electron chi connectivity index (χ4n) is 2.72. The summed E-state index contributed by atoms with van der Waals surface area (Å²) in [7, 11) is 1.70. The molecule has 1 aromatic carbocycles. The van der Waals surface area contributed by atoms with Gasteiger partial charge in [0.2, 0.25) is 0 Å². The molecule has 0 bridgehead atoms. The third-order valence-corrected chi connectivity index (χ3v) is 4.42. The van der Waals surface area contributed by atoms with Crippen molar-refractivity contribution in [3.05, 3.63) is 32.8 Å². The van der Waals surface area contributed by atoms with Crippen LogP contribution in [0.5, 0.6) is 0 Å². The van der Waals surface area contributed by atoms with Crippen molar-refractivity contribution in [1.29, 1.82) is 0 Å². The molecule has 6 nitrogen and oxygen atoms in total. The predicted octanol–water partition coefficient (Wildman–Crippen LogP) is 2.79. The van der Waals surface area contributed by atoms with Gasteiger partial charge in [0, 0.05) is 29.6 Å². The van der Waals surface area contributed by atoms with E-state index in [0.717, 1.165) is 25.9 Å². The second kappa shape index (κ2) is 7.20. The Labute approximate surface area is 132 Å². The van der Waals surface area contributed by atoms with Gasteiger partial charge in [-0.2, -0.15) is 0 Å². The van der Waals surface area contributed by atoms with Gasteiger partial charge in [0.15, 0.2) is 0 Å². The molecule has 1 aliphatic rings. The van der Waals surface area contributed by atoms with Crippen LogP contribution < -0.4 is 10.6 Å². The van der Waals surface area contributed by atoms with Crippen LogP contribution in [0.2, 0.25) is 0 Å². The molecule has 21 heavy (non-hydrogen) atoms. The summed E-state index contributed by atoms with van der Waals surface area (Å²) in [6.45, 7) is 3.23. The van der Waals surface area contributed by atoms with E-state index in [1.54, 1.807) is 19.2 Å². The van der Waals surface area contributed by atoms with Crippen molar-refractivity contribution in [3.63, 3.8) is 0 Å². The number of hydrogen-bond acceptors (Lipinski definition) is 5. The van der Waals surface area contributed by atoms with Gasteiger partial charge >= 0.3 is 0 Å². The molecular formula is C14H20BrN3O3. The van der Waals surface area contributed by atoms with Gasteiger partial charge in [-0.25, -0.2) is 0 Å². The molecule has 0 saturated carbocycles. The summed E-state index contributed by atoms with van der Waals surface area (Å²) in [6, 6.07) is 5.07. The van der Waals surface area contributed by atoms with Crippen molar-refractivity contribution in [2.75, 3.05) is 38.7 Å². The largest absolute Gasteiger partial charge is 0.384 e. The van der Waals surface area contributed by atoms with E-state index in [0.29, 0.717) is 23.3 Å². The lowest BCUT2D eigenvalue weighted by molar-refractivity contribution is -0.384. The number of methoxy groups -OCH3 is 1. The van der Waals surface area contributed by atoms with Gasteiger partial charge in [0.05, 0.1) is 11.5 Å². The average Bonchev–Trinajstić information content (AvgIpc) is 2.47. The van der Waals surface area contributed by atoms with Crippen LogP contribution in [0.1, 0.15) is 12.8 Å². The SMILES string of the molecule is COCC1(CNc2ccc(Br)cc2[N+](=O)[O-])CCNCC1. The molecule has 1 heterocycles. The quantitative estimate of drug-likeness (QED) is 0.604. The summed E-state index contributed by atoms with van der Waals surface area (Å²) < 4.78 is 6.06. The van der Waals surface area contributed by atoms with Gasteiger partial charge in [0.1, 0.15) is 5.69 Å². The molecule has 7 heteroatoms. The number of piperidine rings is 1. The maximum Gasteiger partial charge on any atom is 0.293 e. The molecule has 0 aliphatic carbocycles. The van der Waals surface area contributed by atoms with Gasteiger partial charge in [-0.05, 0) is 38.1 Å². The van der Waals surface area contributed by atoms with Gasteiger partial charge in [-0.15, -0.1) is 0 Å². The van der Waals surface area contributed by atoms with E-state index in [1.165, 1.54) is 6.07 Å². The monoisotopic (exact) mass is 357 g/mol. The Morgan fingerprint density at radius 2 is 2.19 bits per heavy atom. The number of nitro benzene ring substituents is 1. The minimum atomic E-state index is -0.363. The van der Waals surface area contributed by atoms with Crippen molar-refractivity contribution >= 4 is 27.3 Å². The summed E-state index contributed by atoms with van der Waals surface area (Å²) >= 11 is 3.27. The first-order valence-corrected chi connectivity index (χ1v) is 7.73. The van der Waals surface area contributed by atoms with E-state index >= 15 is 0 Å². The molecule has 1 saturated heterocycles. The molecule has 1 aromatic rings. The lowest BCUT2D eigenvalue weighted by Crippen LogP contribution is -2.44. The van der Waals surface area contributed by atoms with Crippen LogP contribution in [0.15, 0.2) is 22.7 Å². The van der Waals surface area contributed by atoms with E-state index in [2.05, 4.69) is 26.6 Å². The Bertz CT molecular complexity index is 499. The van der Waals surface area contributed by atoms with E-state index in [4.69, 9.17) is 4.74 Å². The van der Waals surface area contributed by atoms with E-state index in [-0.39, 0.29) is 16.0 Å². The minimum absolute atomic E-state index is 0.0287. The molecule has 2 rings (SSSR count). The number of nitro groups is 1. The number of nitrogens with one attached hydrogen (secondary N) is 2. The Hall–Kier alpha value is -1.18. The molecule has 1 aliphatic heterocycles. The number of halogens is 1. The van der Waals surface area contributed by atoms with Crippen LogP contribution in [-0.4, -0.2) is 38.3 Å². The van der Waals surface area contributed by atoms with Crippen LogP contribution in [0.3, 0.4) is 0 Å². The third-order valence-electron chi connectivity index (χ3n) is 3.93. The Balaban J connectivity index is 2.12.